The number of allylic oxidation sites excluding steroid dienone is 4. The summed E-state index contributed by atoms with van der Waals surface area (Å²) in [4.78, 5) is 2.44. The Morgan fingerprint density at radius 2 is 0.885 bits per heavy atom. The molecular weight excluding hydrogens is 737 g/mol. The van der Waals surface area contributed by atoms with Crippen molar-refractivity contribution in [3.63, 3.8) is 0 Å². The molecular formula is C59H44N2. The van der Waals surface area contributed by atoms with Crippen LogP contribution >= 0.6 is 0 Å². The molecule has 0 N–H and O–H groups in total. The van der Waals surface area contributed by atoms with Gasteiger partial charge in [-0.15, -0.1) is 0 Å². The quantitative estimate of drug-likeness (QED) is 0.153. The van der Waals surface area contributed by atoms with E-state index in [1.54, 1.807) is 0 Å². The van der Waals surface area contributed by atoms with Crippen molar-refractivity contribution in [3.05, 3.63) is 230 Å². The molecule has 0 radical (unpaired) electrons. The van der Waals surface area contributed by atoms with Crippen molar-refractivity contribution in [2.75, 3.05) is 4.90 Å². The van der Waals surface area contributed by atoms with Crippen molar-refractivity contribution in [2.45, 2.75) is 25.2 Å². The highest BCUT2D eigenvalue weighted by Crippen LogP contribution is 2.54. The number of aromatic nitrogens is 1. The Morgan fingerprint density at radius 3 is 1.46 bits per heavy atom. The fourth-order valence-electron chi connectivity index (χ4n) is 10.8. The van der Waals surface area contributed by atoms with Gasteiger partial charge >= 0.3 is 0 Å². The Kier molecular flexibility index (Phi) is 8.05. The maximum Gasteiger partial charge on any atom is 0.0541 e. The van der Waals surface area contributed by atoms with E-state index < -0.39 is 0 Å². The Hall–Kier alpha value is -7.42. The van der Waals surface area contributed by atoms with Crippen LogP contribution in [0.3, 0.4) is 0 Å². The van der Waals surface area contributed by atoms with Gasteiger partial charge < -0.3 is 9.47 Å². The van der Waals surface area contributed by atoms with E-state index in [4.69, 9.17) is 0 Å². The Morgan fingerprint density at radius 1 is 0.426 bits per heavy atom. The van der Waals surface area contributed by atoms with E-state index >= 15 is 0 Å². The predicted molar refractivity (Wildman–Crippen MR) is 259 cm³/mol. The molecule has 9 aromatic carbocycles. The normalized spacial score (nSPS) is 16.4. The summed E-state index contributed by atoms with van der Waals surface area (Å²) in [5.41, 5.74) is 14.8. The highest BCUT2D eigenvalue weighted by molar-refractivity contribution is 6.21. The number of hydrogen-bond donors (Lipinski definition) is 0. The Bertz CT molecular complexity index is 3270. The van der Waals surface area contributed by atoms with Crippen LogP contribution in [-0.2, 0) is 5.41 Å². The van der Waals surface area contributed by atoms with E-state index in [9.17, 15) is 0 Å². The minimum Gasteiger partial charge on any atom is -0.310 e. The number of rotatable bonds is 6. The molecule has 61 heavy (non-hydrogen) atoms. The molecule has 0 amide bonds. The van der Waals surface area contributed by atoms with Gasteiger partial charge in [-0.2, -0.15) is 0 Å². The van der Waals surface area contributed by atoms with Crippen molar-refractivity contribution in [1.29, 1.82) is 0 Å². The largest absolute Gasteiger partial charge is 0.310 e. The maximum absolute atomic E-state index is 2.47. The van der Waals surface area contributed by atoms with Crippen LogP contribution in [-0.4, -0.2) is 4.57 Å². The summed E-state index contributed by atoms with van der Waals surface area (Å²) >= 11 is 0. The van der Waals surface area contributed by atoms with Crippen molar-refractivity contribution in [3.8, 4) is 27.9 Å². The molecule has 0 fully saturated rings. The molecule has 2 nitrogen and oxygen atoms in total. The SMILES string of the molecule is CC1(C)c2cc(N(c3ccc(-c4c5ccccc5c(-c5ccccc5)c5ccccc45)cc3)c3ccc(-n4c5ccccc5c5ccccc54)cc3)ccc2C2C=CC=CC21. The summed E-state index contributed by atoms with van der Waals surface area (Å²) in [6.07, 6.45) is 9.24. The minimum absolute atomic E-state index is 0.00121. The van der Waals surface area contributed by atoms with Crippen LogP contribution in [0.2, 0.25) is 0 Å². The van der Waals surface area contributed by atoms with Crippen molar-refractivity contribution < 1.29 is 0 Å². The zero-order valence-corrected chi connectivity index (χ0v) is 34.3. The van der Waals surface area contributed by atoms with Crippen molar-refractivity contribution >= 4 is 60.4 Å². The summed E-state index contributed by atoms with van der Waals surface area (Å²) < 4.78 is 2.39. The lowest BCUT2D eigenvalue weighted by Gasteiger charge is -2.30. The van der Waals surface area contributed by atoms with Crippen LogP contribution in [0, 0.1) is 5.92 Å². The van der Waals surface area contributed by atoms with Gasteiger partial charge in [-0.05, 0) is 127 Å². The first kappa shape index (κ1) is 35.5. The first-order chi connectivity index (χ1) is 30.0. The minimum atomic E-state index is 0.00121. The monoisotopic (exact) mass is 780 g/mol. The van der Waals surface area contributed by atoms with E-state index in [1.807, 2.05) is 0 Å². The van der Waals surface area contributed by atoms with Gasteiger partial charge in [0.1, 0.15) is 0 Å². The number of anilines is 3. The van der Waals surface area contributed by atoms with Crippen LogP contribution in [0.5, 0.6) is 0 Å². The second-order valence-electron chi connectivity index (χ2n) is 17.3. The van der Waals surface area contributed by atoms with Gasteiger partial charge in [0.25, 0.3) is 0 Å². The summed E-state index contributed by atoms with van der Waals surface area (Å²) in [5, 5.41) is 7.59. The average molecular weight is 781 g/mol. The molecule has 10 aromatic rings. The third-order valence-electron chi connectivity index (χ3n) is 13.7. The molecule has 2 heteroatoms. The molecule has 12 rings (SSSR count). The van der Waals surface area contributed by atoms with Crippen molar-refractivity contribution in [2.24, 2.45) is 5.92 Å². The van der Waals surface area contributed by atoms with E-state index in [0.717, 1.165) is 17.1 Å². The molecule has 0 aliphatic heterocycles. The highest BCUT2D eigenvalue weighted by atomic mass is 15.1. The molecule has 1 aromatic heterocycles. The van der Waals surface area contributed by atoms with Crippen LogP contribution in [0.1, 0.15) is 30.9 Å². The van der Waals surface area contributed by atoms with Gasteiger partial charge in [0, 0.05) is 39.4 Å². The predicted octanol–water partition coefficient (Wildman–Crippen LogP) is 16.0. The van der Waals surface area contributed by atoms with E-state index in [2.05, 4.69) is 242 Å². The van der Waals surface area contributed by atoms with Crippen LogP contribution in [0.25, 0.3) is 71.3 Å². The van der Waals surface area contributed by atoms with Gasteiger partial charge in [0.2, 0.25) is 0 Å². The number of para-hydroxylation sites is 2. The standard InChI is InChI=1S/C59H44N2/c1-59(2)53-25-13-10-18-45(53)46-37-36-44(38-54(46)59)60(42-32-34-43(35-33-42)61-55-26-14-11-19-47(55)48-20-12-15-27-56(48)61)41-30-28-40(29-31-41)58-51-23-8-6-21-49(51)57(39-16-4-3-5-17-39)50-22-7-9-24-52(50)58/h3-38,45,53H,1-2H3. The smallest absolute Gasteiger partial charge is 0.0541 e. The molecule has 2 unspecified atom stereocenters. The lowest BCUT2D eigenvalue weighted by molar-refractivity contribution is 0.394. The second-order valence-corrected chi connectivity index (χ2v) is 17.3. The van der Waals surface area contributed by atoms with Crippen molar-refractivity contribution in [1.82, 2.24) is 4.57 Å². The molecule has 0 saturated heterocycles. The summed E-state index contributed by atoms with van der Waals surface area (Å²) in [6.45, 7) is 4.84. The first-order valence-corrected chi connectivity index (χ1v) is 21.5. The number of nitrogens with zero attached hydrogens (tertiary/aromatic N) is 2. The first-order valence-electron chi connectivity index (χ1n) is 21.5. The van der Waals surface area contributed by atoms with Gasteiger partial charge in [-0.25, -0.2) is 0 Å². The van der Waals surface area contributed by atoms with E-state index in [1.165, 1.54) is 82.4 Å². The molecule has 0 bridgehead atoms. The molecule has 2 atom stereocenters. The summed E-state index contributed by atoms with van der Waals surface area (Å²) in [7, 11) is 0. The molecule has 2 aliphatic rings. The van der Waals surface area contributed by atoms with Crippen LogP contribution in [0.4, 0.5) is 17.1 Å². The number of benzene rings is 9. The number of hydrogen-bond acceptors (Lipinski definition) is 1. The van der Waals surface area contributed by atoms with Crippen LogP contribution < -0.4 is 4.90 Å². The third kappa shape index (κ3) is 5.49. The van der Waals surface area contributed by atoms with E-state index in [-0.39, 0.29) is 5.41 Å². The fourth-order valence-corrected chi connectivity index (χ4v) is 10.8. The maximum atomic E-state index is 2.47. The lowest BCUT2D eigenvalue weighted by atomic mass is 9.74. The molecule has 0 saturated carbocycles. The van der Waals surface area contributed by atoms with Gasteiger partial charge in [-0.3, -0.25) is 0 Å². The zero-order chi connectivity index (χ0) is 40.7. The lowest BCUT2D eigenvalue weighted by Crippen LogP contribution is -2.24. The fraction of sp³-hybridized carbons (Fsp3) is 0.0847. The highest BCUT2D eigenvalue weighted by Gasteiger charge is 2.44. The molecule has 2 aliphatic carbocycles. The molecule has 290 valence electrons. The molecule has 0 spiro atoms. The molecule has 1 heterocycles. The summed E-state index contributed by atoms with van der Waals surface area (Å²) in [6, 6.07) is 71.7. The summed E-state index contributed by atoms with van der Waals surface area (Å²) in [5.74, 6) is 0.846. The number of fused-ring (bicyclic) bond motifs is 8. The van der Waals surface area contributed by atoms with Gasteiger partial charge in [0.05, 0.1) is 11.0 Å². The second kappa shape index (κ2) is 13.8. The third-order valence-corrected chi connectivity index (χ3v) is 13.7. The van der Waals surface area contributed by atoms with Gasteiger partial charge in [0.15, 0.2) is 0 Å². The van der Waals surface area contributed by atoms with E-state index in [0.29, 0.717) is 11.8 Å². The Balaban J connectivity index is 1.02. The zero-order valence-electron chi connectivity index (χ0n) is 34.3. The Labute approximate surface area is 357 Å². The average Bonchev–Trinajstić information content (AvgIpc) is 3.77. The van der Waals surface area contributed by atoms with Crippen LogP contribution in [0.15, 0.2) is 218 Å². The van der Waals surface area contributed by atoms with Gasteiger partial charge in [-0.1, -0.05) is 172 Å². The topological polar surface area (TPSA) is 8.17 Å².